The number of aryl methyl sites for hydroxylation is 1. The van der Waals surface area contributed by atoms with Crippen molar-refractivity contribution in [1.29, 1.82) is 0 Å². The molecule has 6 nitrogen and oxygen atoms in total. The van der Waals surface area contributed by atoms with E-state index >= 15 is 0 Å². The third-order valence-electron chi connectivity index (χ3n) is 4.01. The van der Waals surface area contributed by atoms with Crippen molar-refractivity contribution in [2.24, 2.45) is 7.05 Å². The lowest BCUT2D eigenvalue weighted by atomic mass is 10.2. The van der Waals surface area contributed by atoms with E-state index in [2.05, 4.69) is 10.2 Å². The molecule has 0 unspecified atom stereocenters. The Morgan fingerprint density at radius 3 is 2.71 bits per heavy atom. The monoisotopic (exact) mass is 357 g/mol. The highest BCUT2D eigenvalue weighted by molar-refractivity contribution is 6.32. The minimum atomic E-state index is -2.75. The van der Waals surface area contributed by atoms with E-state index in [0.717, 1.165) is 18.5 Å². The van der Waals surface area contributed by atoms with Gasteiger partial charge in [0.1, 0.15) is 12.2 Å². The lowest BCUT2D eigenvalue weighted by Crippen LogP contribution is -2.30. The van der Waals surface area contributed by atoms with E-state index in [4.69, 9.17) is 11.6 Å². The molecule has 3 rings (SSSR count). The topological polar surface area (TPSA) is 56.0 Å². The molecule has 0 aliphatic heterocycles. The molecule has 24 heavy (non-hydrogen) atoms. The molecule has 1 fully saturated rings. The number of carbonyl (C=O) groups is 1. The molecule has 0 radical (unpaired) electrons. The van der Waals surface area contributed by atoms with E-state index in [0.29, 0.717) is 12.2 Å². The predicted octanol–water partition coefficient (Wildman–Crippen LogP) is 2.74. The van der Waals surface area contributed by atoms with E-state index in [9.17, 15) is 13.6 Å². The van der Waals surface area contributed by atoms with Gasteiger partial charge >= 0.3 is 0 Å². The van der Waals surface area contributed by atoms with Crippen molar-refractivity contribution in [2.45, 2.75) is 38.3 Å². The normalized spacial score (nSPS) is 14.4. The Balaban J connectivity index is 1.75. The molecule has 2 heterocycles. The Morgan fingerprint density at radius 1 is 1.46 bits per heavy atom. The summed E-state index contributed by atoms with van der Waals surface area (Å²) < 4.78 is 29.0. The molecule has 1 amide bonds. The van der Waals surface area contributed by atoms with Gasteiger partial charge in [0.2, 0.25) is 5.91 Å². The number of alkyl halides is 2. The number of halogens is 3. The fourth-order valence-corrected chi connectivity index (χ4v) is 2.98. The second-order valence-corrected chi connectivity index (χ2v) is 6.43. The number of hydrogen-bond donors (Lipinski definition) is 0. The molecule has 1 aliphatic rings. The molecule has 9 heteroatoms. The van der Waals surface area contributed by atoms with Gasteiger partial charge in [0, 0.05) is 26.2 Å². The van der Waals surface area contributed by atoms with Crippen LogP contribution in [0.25, 0.3) is 0 Å². The maximum absolute atomic E-state index is 13.0. The average molecular weight is 358 g/mol. The van der Waals surface area contributed by atoms with E-state index in [-0.39, 0.29) is 23.4 Å². The number of nitrogens with zero attached hydrogens (tertiary/aromatic N) is 5. The molecule has 0 atom stereocenters. The number of amides is 1. The Hall–Kier alpha value is -1.96. The minimum absolute atomic E-state index is 0.00678. The second kappa shape index (κ2) is 6.51. The van der Waals surface area contributed by atoms with Crippen LogP contribution in [0.2, 0.25) is 5.02 Å². The van der Waals surface area contributed by atoms with Gasteiger partial charge in [0.25, 0.3) is 6.43 Å². The highest BCUT2D eigenvalue weighted by Gasteiger charge is 2.34. The molecule has 0 spiro atoms. The van der Waals surface area contributed by atoms with Gasteiger partial charge in [0.05, 0.1) is 23.0 Å². The van der Waals surface area contributed by atoms with E-state index in [1.807, 2.05) is 6.07 Å². The number of likely N-dealkylation sites (N-methyl/N-ethyl adjacent to an activating group) is 1. The van der Waals surface area contributed by atoms with Crippen molar-refractivity contribution in [3.63, 3.8) is 0 Å². The molecule has 1 saturated carbocycles. The van der Waals surface area contributed by atoms with Gasteiger partial charge in [-0.05, 0) is 18.9 Å². The summed E-state index contributed by atoms with van der Waals surface area (Å²) in [5.74, 6) is -0.117. The Kier molecular flexibility index (Phi) is 4.58. The van der Waals surface area contributed by atoms with Crippen molar-refractivity contribution in [1.82, 2.24) is 24.5 Å². The molecule has 130 valence electrons. The summed E-state index contributed by atoms with van der Waals surface area (Å²) in [6.07, 6.45) is 0.802. The Labute approximate surface area is 143 Å². The van der Waals surface area contributed by atoms with Gasteiger partial charge in [-0.2, -0.15) is 10.2 Å². The van der Waals surface area contributed by atoms with E-state index < -0.39 is 12.1 Å². The van der Waals surface area contributed by atoms with Crippen molar-refractivity contribution in [2.75, 3.05) is 7.05 Å². The summed E-state index contributed by atoms with van der Waals surface area (Å²) >= 11 is 6.05. The van der Waals surface area contributed by atoms with Crippen molar-refractivity contribution < 1.29 is 13.6 Å². The molecule has 0 N–H and O–H groups in total. The molecular weight excluding hydrogens is 340 g/mol. The highest BCUT2D eigenvalue weighted by Crippen LogP contribution is 2.45. The zero-order valence-electron chi connectivity index (χ0n) is 13.4. The predicted molar refractivity (Wildman–Crippen MR) is 83.9 cm³/mol. The van der Waals surface area contributed by atoms with E-state index in [1.165, 1.54) is 9.58 Å². The lowest BCUT2D eigenvalue weighted by Gasteiger charge is -2.16. The number of carbonyl (C=O) groups excluding carboxylic acids is 1. The van der Waals surface area contributed by atoms with Gasteiger partial charge in [-0.25, -0.2) is 8.78 Å². The fourth-order valence-electron chi connectivity index (χ4n) is 2.61. The van der Waals surface area contributed by atoms with Crippen molar-refractivity contribution in [3.8, 4) is 0 Å². The summed E-state index contributed by atoms with van der Waals surface area (Å²) in [7, 11) is 3.44. The van der Waals surface area contributed by atoms with Gasteiger partial charge in [-0.15, -0.1) is 0 Å². The van der Waals surface area contributed by atoms with Gasteiger partial charge in [0.15, 0.2) is 0 Å². The second-order valence-electron chi connectivity index (χ2n) is 6.05. The Bertz CT molecular complexity index is 753. The first-order valence-electron chi connectivity index (χ1n) is 7.63. The number of hydrogen-bond acceptors (Lipinski definition) is 3. The number of aromatic nitrogens is 4. The van der Waals surface area contributed by atoms with Gasteiger partial charge in [-0.1, -0.05) is 11.6 Å². The summed E-state index contributed by atoms with van der Waals surface area (Å²) in [4.78, 5) is 13.9. The zero-order valence-corrected chi connectivity index (χ0v) is 14.2. The van der Waals surface area contributed by atoms with Crippen molar-refractivity contribution in [3.05, 3.63) is 34.4 Å². The maximum Gasteiger partial charge on any atom is 0.283 e. The van der Waals surface area contributed by atoms with Crippen LogP contribution in [0.5, 0.6) is 0 Å². The fraction of sp³-hybridized carbons (Fsp3) is 0.533. The largest absolute Gasteiger partial charge is 0.338 e. The van der Waals surface area contributed by atoms with Crippen LogP contribution >= 0.6 is 11.6 Å². The van der Waals surface area contributed by atoms with Crippen LogP contribution in [-0.4, -0.2) is 37.4 Å². The molecule has 0 saturated heterocycles. The quantitative estimate of drug-likeness (QED) is 0.798. The maximum atomic E-state index is 13.0. The van der Waals surface area contributed by atoms with Crippen LogP contribution in [0.3, 0.4) is 0 Å². The third-order valence-corrected chi connectivity index (χ3v) is 4.39. The van der Waals surface area contributed by atoms with E-state index in [1.54, 1.807) is 25.0 Å². The van der Waals surface area contributed by atoms with Crippen LogP contribution in [0.1, 0.15) is 42.3 Å². The van der Waals surface area contributed by atoms with Gasteiger partial charge in [-0.3, -0.25) is 14.2 Å². The summed E-state index contributed by atoms with van der Waals surface area (Å²) in [6.45, 7) is 0.233. The molecule has 0 bridgehead atoms. The summed E-state index contributed by atoms with van der Waals surface area (Å²) in [6, 6.07) is 1.82. The third kappa shape index (κ3) is 3.43. The Morgan fingerprint density at radius 2 is 2.17 bits per heavy atom. The van der Waals surface area contributed by atoms with Crippen molar-refractivity contribution >= 4 is 17.5 Å². The zero-order chi connectivity index (χ0) is 17.4. The van der Waals surface area contributed by atoms with Crippen LogP contribution in [0.4, 0.5) is 8.78 Å². The van der Waals surface area contributed by atoms with Crippen LogP contribution in [-0.2, 0) is 24.9 Å². The van der Waals surface area contributed by atoms with Crippen LogP contribution < -0.4 is 0 Å². The van der Waals surface area contributed by atoms with Crippen LogP contribution in [0.15, 0.2) is 12.3 Å². The standard InChI is InChI=1S/C15H18ClF2N5O/c1-21(7-10-5-6-22(2)19-10)11(24)8-23-14(9-3-4-9)12(16)13(20-23)15(17)18/h5-6,9,15H,3-4,7-8H2,1-2H3. The first-order valence-corrected chi connectivity index (χ1v) is 8.01. The molecule has 2 aromatic heterocycles. The lowest BCUT2D eigenvalue weighted by molar-refractivity contribution is -0.131. The molecule has 1 aliphatic carbocycles. The summed E-state index contributed by atoms with van der Waals surface area (Å²) in [5, 5.41) is 8.08. The first-order chi connectivity index (χ1) is 11.4. The van der Waals surface area contributed by atoms with Gasteiger partial charge < -0.3 is 4.90 Å². The summed E-state index contributed by atoms with van der Waals surface area (Å²) in [5.41, 5.74) is 0.854. The smallest absolute Gasteiger partial charge is 0.283 e. The SMILES string of the molecule is CN(Cc1ccn(C)n1)C(=O)Cn1nc(C(F)F)c(Cl)c1C1CC1. The molecule has 2 aromatic rings. The van der Waals surface area contributed by atoms with Crippen LogP contribution in [0, 0.1) is 0 Å². The number of rotatable bonds is 6. The first kappa shape index (κ1) is 16.9. The molecular formula is C15H18ClF2N5O. The molecule has 0 aromatic carbocycles. The highest BCUT2D eigenvalue weighted by atomic mass is 35.5. The average Bonchev–Trinajstić information content (AvgIpc) is 3.18. The minimum Gasteiger partial charge on any atom is -0.338 e.